The van der Waals surface area contributed by atoms with Crippen LogP contribution < -0.4 is 0 Å². The third-order valence-corrected chi connectivity index (χ3v) is 6.24. The molecule has 1 saturated carbocycles. The fourth-order valence-electron chi connectivity index (χ4n) is 4.47. The molecule has 1 aliphatic carbocycles. The summed E-state index contributed by atoms with van der Waals surface area (Å²) in [5, 5.41) is 19.4. The summed E-state index contributed by atoms with van der Waals surface area (Å²) in [7, 11) is 0. The van der Waals surface area contributed by atoms with Crippen molar-refractivity contribution in [2.24, 2.45) is 11.3 Å². The zero-order valence-electron chi connectivity index (χ0n) is 14.2. The fourth-order valence-corrected chi connectivity index (χ4v) is 4.47. The van der Waals surface area contributed by atoms with E-state index in [1.54, 1.807) is 24.3 Å². The van der Waals surface area contributed by atoms with Crippen LogP contribution in [0.2, 0.25) is 0 Å². The molecule has 0 saturated heterocycles. The van der Waals surface area contributed by atoms with Gasteiger partial charge in [-0.2, -0.15) is 0 Å². The number of aromatic hydroxyl groups is 2. The van der Waals surface area contributed by atoms with Crippen LogP contribution in [0.3, 0.4) is 0 Å². The first-order valence-corrected chi connectivity index (χ1v) is 8.47. The van der Waals surface area contributed by atoms with Gasteiger partial charge >= 0.3 is 0 Å². The average Bonchev–Trinajstić information content (AvgIpc) is 2.52. The SMILES string of the molecule is CC1CCCC(c2ccc(O)cc2)(c2ccc(O)cc2)C1(C)C. The highest BCUT2D eigenvalue weighted by Crippen LogP contribution is 2.58. The summed E-state index contributed by atoms with van der Waals surface area (Å²) < 4.78 is 0. The molecule has 0 aliphatic heterocycles. The minimum absolute atomic E-state index is 0.0825. The standard InChI is InChI=1S/C21H26O2/c1-15-5-4-14-21(20(15,2)3,16-6-10-18(22)11-7-16)17-8-12-19(23)13-9-17/h6-13,15,22-23H,4-5,14H2,1-3H3. The van der Waals surface area contributed by atoms with Gasteiger partial charge in [-0.3, -0.25) is 0 Å². The van der Waals surface area contributed by atoms with Gasteiger partial charge in [-0.15, -0.1) is 0 Å². The van der Waals surface area contributed by atoms with E-state index >= 15 is 0 Å². The predicted molar refractivity (Wildman–Crippen MR) is 93.8 cm³/mol. The molecule has 2 aromatic rings. The van der Waals surface area contributed by atoms with Gasteiger partial charge in [0.15, 0.2) is 0 Å². The van der Waals surface area contributed by atoms with Gasteiger partial charge in [-0.25, -0.2) is 0 Å². The molecule has 3 rings (SSSR count). The van der Waals surface area contributed by atoms with Crippen molar-refractivity contribution in [1.29, 1.82) is 0 Å². The summed E-state index contributed by atoms with van der Waals surface area (Å²) in [6.45, 7) is 7.06. The van der Waals surface area contributed by atoms with Crippen LogP contribution >= 0.6 is 0 Å². The molecule has 0 heterocycles. The van der Waals surface area contributed by atoms with E-state index < -0.39 is 0 Å². The Hall–Kier alpha value is -1.96. The van der Waals surface area contributed by atoms with Gasteiger partial charge in [-0.05, 0) is 53.1 Å². The van der Waals surface area contributed by atoms with Crippen LogP contribution in [0.15, 0.2) is 48.5 Å². The molecule has 1 aliphatic rings. The second kappa shape index (κ2) is 5.59. The van der Waals surface area contributed by atoms with E-state index in [9.17, 15) is 10.2 Å². The quantitative estimate of drug-likeness (QED) is 0.797. The van der Waals surface area contributed by atoms with Crippen LogP contribution in [-0.4, -0.2) is 10.2 Å². The summed E-state index contributed by atoms with van der Waals surface area (Å²) >= 11 is 0. The first-order chi connectivity index (χ1) is 10.9. The molecule has 2 nitrogen and oxygen atoms in total. The zero-order chi connectivity index (χ0) is 16.7. The van der Waals surface area contributed by atoms with Crippen LogP contribution in [0.4, 0.5) is 0 Å². The maximum atomic E-state index is 9.69. The molecule has 0 amide bonds. The van der Waals surface area contributed by atoms with Crippen molar-refractivity contribution in [2.75, 3.05) is 0 Å². The number of phenols is 2. The first-order valence-electron chi connectivity index (χ1n) is 8.47. The zero-order valence-corrected chi connectivity index (χ0v) is 14.2. The van der Waals surface area contributed by atoms with Crippen molar-refractivity contribution < 1.29 is 10.2 Å². The lowest BCUT2D eigenvalue weighted by Crippen LogP contribution is -2.49. The Morgan fingerprint density at radius 1 is 0.826 bits per heavy atom. The Kier molecular flexibility index (Phi) is 3.87. The molecule has 1 unspecified atom stereocenters. The van der Waals surface area contributed by atoms with Crippen molar-refractivity contribution in [3.05, 3.63) is 59.7 Å². The molecule has 1 fully saturated rings. The summed E-state index contributed by atoms with van der Waals surface area (Å²) in [6.07, 6.45) is 3.51. The van der Waals surface area contributed by atoms with Gasteiger partial charge in [0.1, 0.15) is 11.5 Å². The largest absolute Gasteiger partial charge is 0.508 e. The summed E-state index contributed by atoms with van der Waals surface area (Å²) in [6, 6.07) is 15.4. The van der Waals surface area contributed by atoms with Crippen LogP contribution in [0.5, 0.6) is 11.5 Å². The second-order valence-corrected chi connectivity index (χ2v) is 7.51. The van der Waals surface area contributed by atoms with Gasteiger partial charge in [0.2, 0.25) is 0 Å². The van der Waals surface area contributed by atoms with E-state index in [4.69, 9.17) is 0 Å². The lowest BCUT2D eigenvalue weighted by atomic mass is 9.49. The lowest BCUT2D eigenvalue weighted by Gasteiger charge is -2.55. The van der Waals surface area contributed by atoms with Crippen LogP contribution in [0, 0.1) is 11.3 Å². The summed E-state index contributed by atoms with van der Waals surface area (Å²) in [5.74, 6) is 1.20. The van der Waals surface area contributed by atoms with Gasteiger partial charge in [-0.1, -0.05) is 57.9 Å². The van der Waals surface area contributed by atoms with Gasteiger partial charge in [0.25, 0.3) is 0 Å². The van der Waals surface area contributed by atoms with Gasteiger partial charge < -0.3 is 10.2 Å². The topological polar surface area (TPSA) is 40.5 Å². The molecular formula is C21H26O2. The number of benzene rings is 2. The lowest BCUT2D eigenvalue weighted by molar-refractivity contribution is 0.0627. The molecule has 0 bridgehead atoms. The molecule has 2 N–H and O–H groups in total. The molecule has 0 aromatic heterocycles. The van der Waals surface area contributed by atoms with E-state index in [1.165, 1.54) is 24.0 Å². The molecule has 1 atom stereocenters. The smallest absolute Gasteiger partial charge is 0.115 e. The highest BCUT2D eigenvalue weighted by atomic mass is 16.3. The van der Waals surface area contributed by atoms with E-state index in [0.29, 0.717) is 17.4 Å². The van der Waals surface area contributed by atoms with E-state index in [-0.39, 0.29) is 10.8 Å². The monoisotopic (exact) mass is 310 g/mol. The van der Waals surface area contributed by atoms with E-state index in [1.807, 2.05) is 0 Å². The minimum atomic E-state index is -0.105. The Labute approximate surface area is 138 Å². The fraction of sp³-hybridized carbons (Fsp3) is 0.429. The average molecular weight is 310 g/mol. The molecule has 2 aromatic carbocycles. The Bertz CT molecular complexity index is 622. The molecule has 0 spiro atoms. The number of hydrogen-bond acceptors (Lipinski definition) is 2. The van der Waals surface area contributed by atoms with Crippen molar-refractivity contribution in [2.45, 2.75) is 45.4 Å². The van der Waals surface area contributed by atoms with Crippen LogP contribution in [-0.2, 0) is 5.41 Å². The Balaban J connectivity index is 2.24. The first kappa shape index (κ1) is 15.9. The molecule has 122 valence electrons. The molecule has 2 heteroatoms. The highest BCUT2D eigenvalue weighted by molar-refractivity contribution is 5.45. The van der Waals surface area contributed by atoms with Crippen LogP contribution in [0.25, 0.3) is 0 Å². The van der Waals surface area contributed by atoms with Gasteiger partial charge in [0.05, 0.1) is 0 Å². The van der Waals surface area contributed by atoms with E-state index in [0.717, 1.165) is 6.42 Å². The van der Waals surface area contributed by atoms with Crippen LogP contribution in [0.1, 0.15) is 51.2 Å². The maximum Gasteiger partial charge on any atom is 0.115 e. The van der Waals surface area contributed by atoms with Crippen molar-refractivity contribution in [1.82, 2.24) is 0 Å². The minimum Gasteiger partial charge on any atom is -0.508 e. The van der Waals surface area contributed by atoms with Crippen molar-refractivity contribution >= 4 is 0 Å². The number of rotatable bonds is 2. The van der Waals surface area contributed by atoms with Gasteiger partial charge in [0, 0.05) is 5.41 Å². The maximum absolute atomic E-state index is 9.69. The summed E-state index contributed by atoms with van der Waals surface area (Å²) in [4.78, 5) is 0. The Morgan fingerprint density at radius 2 is 1.26 bits per heavy atom. The van der Waals surface area contributed by atoms with Crippen molar-refractivity contribution in [3.63, 3.8) is 0 Å². The normalized spacial score (nSPS) is 22.7. The molecular weight excluding hydrogens is 284 g/mol. The second-order valence-electron chi connectivity index (χ2n) is 7.51. The van der Waals surface area contributed by atoms with E-state index in [2.05, 4.69) is 45.0 Å². The molecule has 23 heavy (non-hydrogen) atoms. The Morgan fingerprint density at radius 3 is 1.70 bits per heavy atom. The molecule has 0 radical (unpaired) electrons. The third-order valence-electron chi connectivity index (χ3n) is 6.24. The number of phenolic OH excluding ortho intramolecular Hbond substituents is 2. The highest BCUT2D eigenvalue weighted by Gasteiger charge is 2.52. The van der Waals surface area contributed by atoms with Crippen molar-refractivity contribution in [3.8, 4) is 11.5 Å². The third kappa shape index (κ3) is 2.41. The number of hydrogen-bond donors (Lipinski definition) is 2. The summed E-state index contributed by atoms with van der Waals surface area (Å²) in [5.41, 5.74) is 2.47. The predicted octanol–water partition coefficient (Wildman–Crippen LogP) is 5.23.